The molecule has 0 bridgehead atoms. The molecule has 0 unspecified atom stereocenters. The van der Waals surface area contributed by atoms with Crippen molar-refractivity contribution in [3.8, 4) is 0 Å². The molecule has 23 heavy (non-hydrogen) atoms. The SMILES string of the molecule is CC(C)Cc1noc(CN2CCC[C@@H](Nc3ccccc3)C2)n1. The monoisotopic (exact) mass is 314 g/mol. The summed E-state index contributed by atoms with van der Waals surface area (Å²) in [5.74, 6) is 2.11. The highest BCUT2D eigenvalue weighted by Crippen LogP contribution is 2.17. The van der Waals surface area contributed by atoms with E-state index in [0.717, 1.165) is 37.8 Å². The molecule has 2 aromatic rings. The standard InChI is InChI=1S/C18H26N4O/c1-14(2)11-17-20-18(23-21-17)13-22-10-6-9-16(12-22)19-15-7-4-3-5-8-15/h3-5,7-8,14,16,19H,6,9-13H2,1-2H3/t16-/m1/s1. The van der Waals surface area contributed by atoms with Crippen LogP contribution in [-0.4, -0.2) is 34.2 Å². The average Bonchev–Trinajstić information content (AvgIpc) is 2.95. The molecule has 1 aliphatic heterocycles. The van der Waals surface area contributed by atoms with Crippen molar-refractivity contribution in [1.82, 2.24) is 15.0 Å². The maximum absolute atomic E-state index is 5.40. The van der Waals surface area contributed by atoms with Gasteiger partial charge in [0, 0.05) is 24.7 Å². The third kappa shape index (κ3) is 4.79. The molecule has 124 valence electrons. The molecule has 5 heteroatoms. The number of likely N-dealkylation sites (tertiary alicyclic amines) is 1. The van der Waals surface area contributed by atoms with E-state index in [4.69, 9.17) is 4.52 Å². The van der Waals surface area contributed by atoms with E-state index < -0.39 is 0 Å². The van der Waals surface area contributed by atoms with Crippen molar-refractivity contribution >= 4 is 5.69 Å². The zero-order valence-electron chi connectivity index (χ0n) is 14.0. The molecule has 1 N–H and O–H groups in total. The van der Waals surface area contributed by atoms with Gasteiger partial charge < -0.3 is 9.84 Å². The lowest BCUT2D eigenvalue weighted by Gasteiger charge is -2.32. The van der Waals surface area contributed by atoms with Crippen LogP contribution in [0.3, 0.4) is 0 Å². The van der Waals surface area contributed by atoms with Crippen LogP contribution in [0.15, 0.2) is 34.9 Å². The summed E-state index contributed by atoms with van der Waals surface area (Å²) in [7, 11) is 0. The molecule has 0 spiro atoms. The fraction of sp³-hybridized carbons (Fsp3) is 0.556. The summed E-state index contributed by atoms with van der Waals surface area (Å²) in [5.41, 5.74) is 1.19. The lowest BCUT2D eigenvalue weighted by Crippen LogP contribution is -2.41. The van der Waals surface area contributed by atoms with E-state index in [1.165, 1.54) is 18.5 Å². The Hall–Kier alpha value is -1.88. The van der Waals surface area contributed by atoms with Crippen LogP contribution in [0.1, 0.15) is 38.4 Å². The quantitative estimate of drug-likeness (QED) is 0.886. The number of anilines is 1. The second-order valence-electron chi connectivity index (χ2n) is 6.79. The number of para-hydroxylation sites is 1. The molecule has 0 amide bonds. The van der Waals surface area contributed by atoms with Crippen LogP contribution in [0.4, 0.5) is 5.69 Å². The van der Waals surface area contributed by atoms with Crippen LogP contribution >= 0.6 is 0 Å². The van der Waals surface area contributed by atoms with Crippen molar-refractivity contribution in [3.05, 3.63) is 42.0 Å². The normalized spacial score (nSPS) is 19.2. The highest BCUT2D eigenvalue weighted by molar-refractivity contribution is 5.43. The van der Waals surface area contributed by atoms with Crippen molar-refractivity contribution in [1.29, 1.82) is 0 Å². The number of nitrogens with one attached hydrogen (secondary N) is 1. The van der Waals surface area contributed by atoms with Gasteiger partial charge in [-0.05, 0) is 37.4 Å². The van der Waals surface area contributed by atoms with Gasteiger partial charge in [0.25, 0.3) is 0 Å². The van der Waals surface area contributed by atoms with Gasteiger partial charge >= 0.3 is 0 Å². The zero-order valence-corrected chi connectivity index (χ0v) is 14.0. The van der Waals surface area contributed by atoms with Crippen LogP contribution in [0, 0.1) is 5.92 Å². The smallest absolute Gasteiger partial charge is 0.240 e. The van der Waals surface area contributed by atoms with E-state index in [1.807, 2.05) is 6.07 Å². The van der Waals surface area contributed by atoms with Crippen molar-refractivity contribution in [2.45, 2.75) is 45.7 Å². The van der Waals surface area contributed by atoms with Gasteiger partial charge in [-0.3, -0.25) is 4.90 Å². The second kappa shape index (κ2) is 7.59. The first-order chi connectivity index (χ1) is 11.2. The van der Waals surface area contributed by atoms with E-state index in [-0.39, 0.29) is 0 Å². The van der Waals surface area contributed by atoms with Crippen LogP contribution < -0.4 is 5.32 Å². The average molecular weight is 314 g/mol. The summed E-state index contributed by atoms with van der Waals surface area (Å²) in [4.78, 5) is 6.91. The van der Waals surface area contributed by atoms with Crippen molar-refractivity contribution < 1.29 is 4.52 Å². The summed E-state index contributed by atoms with van der Waals surface area (Å²) in [5, 5.41) is 7.70. The van der Waals surface area contributed by atoms with Gasteiger partial charge in [0.1, 0.15) is 0 Å². The molecule has 1 aliphatic rings. The number of hydrogen-bond donors (Lipinski definition) is 1. The van der Waals surface area contributed by atoms with Crippen molar-refractivity contribution in [2.24, 2.45) is 5.92 Å². The van der Waals surface area contributed by atoms with Gasteiger partial charge in [-0.15, -0.1) is 0 Å². The summed E-state index contributed by atoms with van der Waals surface area (Å²) >= 11 is 0. The highest BCUT2D eigenvalue weighted by Gasteiger charge is 2.21. The Morgan fingerprint density at radius 3 is 2.91 bits per heavy atom. The number of benzene rings is 1. The van der Waals surface area contributed by atoms with Gasteiger partial charge in [-0.2, -0.15) is 4.98 Å². The van der Waals surface area contributed by atoms with Gasteiger partial charge in [0.15, 0.2) is 5.82 Å². The summed E-state index contributed by atoms with van der Waals surface area (Å²) < 4.78 is 5.40. The van der Waals surface area contributed by atoms with Crippen LogP contribution in [0.5, 0.6) is 0 Å². The minimum absolute atomic E-state index is 0.476. The molecular formula is C18H26N4O. The predicted molar refractivity (Wildman–Crippen MR) is 91.2 cm³/mol. The number of rotatable bonds is 6. The predicted octanol–water partition coefficient (Wildman–Crippen LogP) is 3.34. The number of aromatic nitrogens is 2. The number of piperidine rings is 1. The fourth-order valence-electron chi connectivity index (χ4n) is 3.08. The molecule has 1 saturated heterocycles. The summed E-state index contributed by atoms with van der Waals surface area (Å²) in [6, 6.07) is 10.9. The Balaban J connectivity index is 1.53. The van der Waals surface area contributed by atoms with E-state index in [9.17, 15) is 0 Å². The first-order valence-corrected chi connectivity index (χ1v) is 8.54. The largest absolute Gasteiger partial charge is 0.381 e. The maximum atomic E-state index is 5.40. The third-order valence-electron chi connectivity index (χ3n) is 4.11. The zero-order chi connectivity index (χ0) is 16.1. The minimum Gasteiger partial charge on any atom is -0.381 e. The Morgan fingerprint density at radius 1 is 1.30 bits per heavy atom. The molecule has 5 nitrogen and oxygen atoms in total. The van der Waals surface area contributed by atoms with Gasteiger partial charge in [0.2, 0.25) is 5.89 Å². The Labute approximate surface area is 138 Å². The molecule has 1 aromatic carbocycles. The maximum Gasteiger partial charge on any atom is 0.240 e. The first kappa shape index (κ1) is 16.0. The Kier molecular flexibility index (Phi) is 5.28. The topological polar surface area (TPSA) is 54.2 Å². The lowest BCUT2D eigenvalue weighted by molar-refractivity contribution is 0.184. The first-order valence-electron chi connectivity index (χ1n) is 8.54. The van der Waals surface area contributed by atoms with Gasteiger partial charge in [-0.1, -0.05) is 37.2 Å². The molecule has 1 atom stereocenters. The summed E-state index contributed by atoms with van der Waals surface area (Å²) in [6.07, 6.45) is 3.27. The summed E-state index contributed by atoms with van der Waals surface area (Å²) in [6.45, 7) is 7.19. The second-order valence-corrected chi connectivity index (χ2v) is 6.79. The Morgan fingerprint density at radius 2 is 2.13 bits per heavy atom. The van der Waals surface area contributed by atoms with Crippen LogP contribution in [0.25, 0.3) is 0 Å². The number of hydrogen-bond acceptors (Lipinski definition) is 5. The molecule has 0 aliphatic carbocycles. The molecule has 0 saturated carbocycles. The van der Waals surface area contributed by atoms with Gasteiger partial charge in [0.05, 0.1) is 6.54 Å². The van der Waals surface area contributed by atoms with E-state index in [2.05, 4.69) is 58.5 Å². The fourth-order valence-corrected chi connectivity index (χ4v) is 3.08. The molecule has 3 rings (SSSR count). The van der Waals surface area contributed by atoms with E-state index >= 15 is 0 Å². The molecular weight excluding hydrogens is 288 g/mol. The van der Waals surface area contributed by atoms with E-state index in [0.29, 0.717) is 12.0 Å². The third-order valence-corrected chi connectivity index (χ3v) is 4.11. The number of nitrogens with zero attached hydrogens (tertiary/aromatic N) is 3. The molecule has 1 fully saturated rings. The van der Waals surface area contributed by atoms with Crippen LogP contribution in [-0.2, 0) is 13.0 Å². The Bertz CT molecular complexity index is 596. The highest BCUT2D eigenvalue weighted by atomic mass is 16.5. The van der Waals surface area contributed by atoms with E-state index in [1.54, 1.807) is 0 Å². The van der Waals surface area contributed by atoms with Crippen molar-refractivity contribution in [3.63, 3.8) is 0 Å². The van der Waals surface area contributed by atoms with Gasteiger partial charge in [-0.25, -0.2) is 0 Å². The lowest BCUT2D eigenvalue weighted by atomic mass is 10.1. The molecule has 2 heterocycles. The van der Waals surface area contributed by atoms with Crippen LogP contribution in [0.2, 0.25) is 0 Å². The minimum atomic E-state index is 0.476. The van der Waals surface area contributed by atoms with Crippen molar-refractivity contribution in [2.75, 3.05) is 18.4 Å². The molecule has 1 aromatic heterocycles. The molecule has 0 radical (unpaired) electrons.